The summed E-state index contributed by atoms with van der Waals surface area (Å²) >= 11 is 0. The molecule has 1 aliphatic rings. The van der Waals surface area contributed by atoms with E-state index in [1.54, 1.807) is 6.07 Å². The van der Waals surface area contributed by atoms with Gasteiger partial charge in [-0.1, -0.05) is 31.9 Å². The lowest BCUT2D eigenvalue weighted by atomic mass is 10.0. The number of aryl methyl sites for hydroxylation is 1. The molecule has 0 saturated carbocycles. The number of hydrogen-bond donors (Lipinski definition) is 0. The Morgan fingerprint density at radius 3 is 2.96 bits per heavy atom. The van der Waals surface area contributed by atoms with Gasteiger partial charge in [-0.25, -0.2) is 14.4 Å². The van der Waals surface area contributed by atoms with E-state index in [-0.39, 0.29) is 11.9 Å². The minimum Gasteiger partial charge on any atom is -0.291 e. The van der Waals surface area contributed by atoms with Gasteiger partial charge in [0, 0.05) is 25.2 Å². The van der Waals surface area contributed by atoms with E-state index in [1.165, 1.54) is 25.3 Å². The fourth-order valence-electron chi connectivity index (χ4n) is 3.36. The summed E-state index contributed by atoms with van der Waals surface area (Å²) in [7, 11) is 0. The Balaban J connectivity index is 1.83. The van der Waals surface area contributed by atoms with Gasteiger partial charge in [0.15, 0.2) is 0 Å². The summed E-state index contributed by atoms with van der Waals surface area (Å²) < 4.78 is 13.6. The molecule has 0 amide bonds. The molecule has 1 aromatic carbocycles. The molecule has 23 heavy (non-hydrogen) atoms. The van der Waals surface area contributed by atoms with Gasteiger partial charge in [0.2, 0.25) is 0 Å². The maximum Gasteiger partial charge on any atom is 0.128 e. The molecule has 1 fully saturated rings. The normalized spacial score (nSPS) is 19.5. The predicted octanol–water partition coefficient (Wildman–Crippen LogP) is 4.30. The molecule has 1 aromatic heterocycles. The molecule has 1 atom stereocenters. The Hall–Kier alpha value is -1.81. The molecule has 0 bridgehead atoms. The number of hydrogen-bond acceptors (Lipinski definition) is 3. The van der Waals surface area contributed by atoms with Crippen LogP contribution in [0.5, 0.6) is 0 Å². The molecule has 0 N–H and O–H groups in total. The maximum absolute atomic E-state index is 13.6. The third kappa shape index (κ3) is 4.14. The second kappa shape index (κ2) is 7.64. The third-order valence-electron chi connectivity index (χ3n) is 4.54. The standard InChI is InChI=1S/C19H24FN3/c1-2-19-21-11-10-17(22-19)14-23-12-5-3-4-9-18(23)15-7-6-8-16(20)13-15/h6-8,10-11,13,18H,2-5,9,12,14H2,1H3. The van der Waals surface area contributed by atoms with Crippen LogP contribution in [0.2, 0.25) is 0 Å². The monoisotopic (exact) mass is 313 g/mol. The van der Waals surface area contributed by atoms with Gasteiger partial charge in [0.1, 0.15) is 11.6 Å². The van der Waals surface area contributed by atoms with E-state index < -0.39 is 0 Å². The molecule has 3 nitrogen and oxygen atoms in total. The Labute approximate surface area is 137 Å². The minimum atomic E-state index is -0.151. The molecule has 122 valence electrons. The van der Waals surface area contributed by atoms with Crippen molar-refractivity contribution in [2.75, 3.05) is 6.54 Å². The summed E-state index contributed by atoms with van der Waals surface area (Å²) in [4.78, 5) is 11.4. The van der Waals surface area contributed by atoms with Crippen LogP contribution in [0.1, 0.15) is 55.7 Å². The average Bonchev–Trinajstić information content (AvgIpc) is 2.80. The van der Waals surface area contributed by atoms with Gasteiger partial charge < -0.3 is 0 Å². The van der Waals surface area contributed by atoms with Crippen molar-refractivity contribution in [2.24, 2.45) is 0 Å². The van der Waals surface area contributed by atoms with Crippen molar-refractivity contribution in [1.29, 1.82) is 0 Å². The first kappa shape index (κ1) is 16.1. The average molecular weight is 313 g/mol. The Bertz CT molecular complexity index is 644. The van der Waals surface area contributed by atoms with Crippen molar-refractivity contribution in [3.8, 4) is 0 Å². The first-order chi connectivity index (χ1) is 11.3. The SMILES string of the molecule is CCc1nccc(CN2CCCCCC2c2cccc(F)c2)n1. The van der Waals surface area contributed by atoms with E-state index in [0.717, 1.165) is 43.0 Å². The van der Waals surface area contributed by atoms with Crippen LogP contribution in [0.25, 0.3) is 0 Å². The summed E-state index contributed by atoms with van der Waals surface area (Å²) in [5, 5.41) is 0. The van der Waals surface area contributed by atoms with Crippen LogP contribution < -0.4 is 0 Å². The van der Waals surface area contributed by atoms with E-state index in [1.807, 2.05) is 24.4 Å². The van der Waals surface area contributed by atoms with Crippen LogP contribution in [0, 0.1) is 5.82 Å². The Kier molecular flexibility index (Phi) is 5.34. The van der Waals surface area contributed by atoms with E-state index >= 15 is 0 Å². The molecule has 1 unspecified atom stereocenters. The number of halogens is 1. The van der Waals surface area contributed by atoms with Gasteiger partial charge in [0.25, 0.3) is 0 Å². The zero-order valence-electron chi connectivity index (χ0n) is 13.7. The molecule has 0 radical (unpaired) electrons. The van der Waals surface area contributed by atoms with Crippen molar-refractivity contribution < 1.29 is 4.39 Å². The molecule has 0 aliphatic carbocycles. The summed E-state index contributed by atoms with van der Waals surface area (Å²) in [5.41, 5.74) is 2.14. The van der Waals surface area contributed by atoms with Crippen LogP contribution in [-0.4, -0.2) is 21.4 Å². The van der Waals surface area contributed by atoms with E-state index in [9.17, 15) is 4.39 Å². The number of nitrogens with zero attached hydrogens (tertiary/aromatic N) is 3. The van der Waals surface area contributed by atoms with E-state index in [2.05, 4.69) is 21.8 Å². The first-order valence-electron chi connectivity index (χ1n) is 8.56. The lowest BCUT2D eigenvalue weighted by Gasteiger charge is -2.30. The number of aromatic nitrogens is 2. The summed E-state index contributed by atoms with van der Waals surface area (Å²) in [5.74, 6) is 0.738. The van der Waals surface area contributed by atoms with Crippen LogP contribution in [-0.2, 0) is 13.0 Å². The van der Waals surface area contributed by atoms with Crippen molar-refractivity contribution in [3.05, 3.63) is 59.4 Å². The van der Waals surface area contributed by atoms with Gasteiger partial charge >= 0.3 is 0 Å². The molecular formula is C19H24FN3. The highest BCUT2D eigenvalue weighted by Crippen LogP contribution is 2.31. The van der Waals surface area contributed by atoms with Crippen molar-refractivity contribution in [2.45, 2.75) is 51.6 Å². The zero-order valence-corrected chi connectivity index (χ0v) is 13.7. The van der Waals surface area contributed by atoms with Crippen LogP contribution in [0.15, 0.2) is 36.5 Å². The molecule has 2 heterocycles. The fraction of sp³-hybridized carbons (Fsp3) is 0.474. The molecule has 1 saturated heterocycles. The zero-order chi connectivity index (χ0) is 16.1. The van der Waals surface area contributed by atoms with Gasteiger partial charge in [-0.15, -0.1) is 0 Å². The lowest BCUT2D eigenvalue weighted by Crippen LogP contribution is -2.28. The van der Waals surface area contributed by atoms with Crippen LogP contribution in [0.3, 0.4) is 0 Å². The van der Waals surface area contributed by atoms with E-state index in [4.69, 9.17) is 0 Å². The molecule has 0 spiro atoms. The summed E-state index contributed by atoms with van der Waals surface area (Å²) in [6, 6.07) is 9.32. The minimum absolute atomic E-state index is 0.151. The Morgan fingerprint density at radius 1 is 1.22 bits per heavy atom. The number of benzene rings is 1. The van der Waals surface area contributed by atoms with Gasteiger partial charge in [-0.3, -0.25) is 4.90 Å². The van der Waals surface area contributed by atoms with Gasteiger partial charge in [-0.2, -0.15) is 0 Å². The number of rotatable bonds is 4. The second-order valence-electron chi connectivity index (χ2n) is 6.21. The highest BCUT2D eigenvalue weighted by molar-refractivity contribution is 5.21. The summed E-state index contributed by atoms with van der Waals surface area (Å²) in [6.07, 6.45) is 7.40. The molecule has 2 aromatic rings. The van der Waals surface area contributed by atoms with Gasteiger partial charge in [0.05, 0.1) is 5.69 Å². The predicted molar refractivity (Wildman–Crippen MR) is 89.4 cm³/mol. The lowest BCUT2D eigenvalue weighted by molar-refractivity contribution is 0.189. The molecular weight excluding hydrogens is 289 g/mol. The van der Waals surface area contributed by atoms with Gasteiger partial charge in [-0.05, 0) is 43.1 Å². The first-order valence-corrected chi connectivity index (χ1v) is 8.56. The largest absolute Gasteiger partial charge is 0.291 e. The topological polar surface area (TPSA) is 29.0 Å². The second-order valence-corrected chi connectivity index (χ2v) is 6.21. The molecule has 1 aliphatic heterocycles. The fourth-order valence-corrected chi connectivity index (χ4v) is 3.36. The smallest absolute Gasteiger partial charge is 0.128 e. The number of likely N-dealkylation sites (tertiary alicyclic amines) is 1. The van der Waals surface area contributed by atoms with Crippen molar-refractivity contribution in [1.82, 2.24) is 14.9 Å². The molecule has 4 heteroatoms. The Morgan fingerprint density at radius 2 is 2.13 bits per heavy atom. The highest BCUT2D eigenvalue weighted by Gasteiger charge is 2.23. The third-order valence-corrected chi connectivity index (χ3v) is 4.54. The summed E-state index contributed by atoms with van der Waals surface area (Å²) in [6.45, 7) is 3.91. The maximum atomic E-state index is 13.6. The molecule has 3 rings (SSSR count). The van der Waals surface area contributed by atoms with Crippen LogP contribution >= 0.6 is 0 Å². The quantitative estimate of drug-likeness (QED) is 0.843. The highest BCUT2D eigenvalue weighted by atomic mass is 19.1. The van der Waals surface area contributed by atoms with E-state index in [0.29, 0.717) is 0 Å². The van der Waals surface area contributed by atoms with Crippen molar-refractivity contribution >= 4 is 0 Å². The van der Waals surface area contributed by atoms with Crippen LogP contribution in [0.4, 0.5) is 4.39 Å². The van der Waals surface area contributed by atoms with Crippen molar-refractivity contribution in [3.63, 3.8) is 0 Å².